The van der Waals surface area contributed by atoms with Gasteiger partial charge >= 0.3 is 0 Å². The van der Waals surface area contributed by atoms with Gasteiger partial charge in [0.05, 0.1) is 4.34 Å². The van der Waals surface area contributed by atoms with Crippen molar-refractivity contribution in [2.24, 2.45) is 0 Å². The van der Waals surface area contributed by atoms with Gasteiger partial charge in [-0.05, 0) is 48.1 Å². The predicted octanol–water partition coefficient (Wildman–Crippen LogP) is 4.89. The van der Waals surface area contributed by atoms with E-state index in [0.29, 0.717) is 18.4 Å². The van der Waals surface area contributed by atoms with Crippen LogP contribution in [0.25, 0.3) is 10.4 Å². The van der Waals surface area contributed by atoms with E-state index in [4.69, 9.17) is 11.6 Å². The molecule has 4 rings (SSSR count). The third-order valence-electron chi connectivity index (χ3n) is 5.72. The smallest absolute Gasteiger partial charge is 0.222 e. The van der Waals surface area contributed by atoms with Gasteiger partial charge in [0.1, 0.15) is 0 Å². The first-order valence-electron chi connectivity index (χ1n) is 8.14. The molecule has 0 unspecified atom stereocenters. The lowest BCUT2D eigenvalue weighted by Crippen LogP contribution is -2.56. The van der Waals surface area contributed by atoms with E-state index in [2.05, 4.69) is 31.2 Å². The fourth-order valence-electron chi connectivity index (χ4n) is 4.41. The first-order chi connectivity index (χ1) is 11.0. The van der Waals surface area contributed by atoms with Gasteiger partial charge < -0.3 is 4.90 Å². The van der Waals surface area contributed by atoms with Gasteiger partial charge in [-0.25, -0.2) is 0 Å². The van der Waals surface area contributed by atoms with Gasteiger partial charge in [-0.15, -0.1) is 11.3 Å². The number of fused-ring (bicyclic) bond motifs is 3. The number of benzene rings is 1. The number of amides is 1. The molecule has 0 spiro atoms. The fraction of sp³-hybridized carbons (Fsp3) is 0.421. The summed E-state index contributed by atoms with van der Waals surface area (Å²) in [7, 11) is 1.97. The van der Waals surface area contributed by atoms with Crippen LogP contribution in [0.15, 0.2) is 30.3 Å². The van der Waals surface area contributed by atoms with Crippen LogP contribution in [0.3, 0.4) is 0 Å². The molecule has 1 saturated heterocycles. The number of hydrogen-bond donors (Lipinski definition) is 0. The lowest BCUT2D eigenvalue weighted by molar-refractivity contribution is -0.138. The average molecular weight is 346 g/mol. The van der Waals surface area contributed by atoms with Crippen molar-refractivity contribution in [3.8, 4) is 10.4 Å². The van der Waals surface area contributed by atoms with E-state index >= 15 is 0 Å². The number of carbonyl (C=O) groups is 1. The summed E-state index contributed by atoms with van der Waals surface area (Å²) >= 11 is 7.70. The highest BCUT2D eigenvalue weighted by molar-refractivity contribution is 7.19. The molecule has 2 aromatic rings. The Labute approximate surface area is 146 Å². The Morgan fingerprint density at radius 2 is 2.09 bits per heavy atom. The standard InChI is InChI=1S/C19H20ClNOS/c1-19-10-9-18(22)21(2)16(19)7-4-12-11-13(3-5-14(12)19)15-6-8-17(20)23-15/h3,5-6,8,11,16H,4,7,9-10H2,1-2H3/t16-,19-/m1/s1. The number of piperidine rings is 1. The molecule has 0 saturated carbocycles. The van der Waals surface area contributed by atoms with Crippen molar-refractivity contribution in [2.75, 3.05) is 7.05 Å². The quantitative estimate of drug-likeness (QED) is 0.720. The van der Waals surface area contributed by atoms with Crippen molar-refractivity contribution < 1.29 is 4.79 Å². The highest BCUT2D eigenvalue weighted by Gasteiger charge is 2.46. The van der Waals surface area contributed by atoms with Crippen LogP contribution in [0.4, 0.5) is 0 Å². The number of likely N-dealkylation sites (tertiary alicyclic amines) is 1. The van der Waals surface area contributed by atoms with Crippen molar-refractivity contribution in [2.45, 2.75) is 44.1 Å². The predicted molar refractivity (Wildman–Crippen MR) is 96.2 cm³/mol. The molecule has 2 atom stereocenters. The van der Waals surface area contributed by atoms with Gasteiger partial charge in [0.25, 0.3) is 0 Å². The van der Waals surface area contributed by atoms with E-state index in [0.717, 1.165) is 23.6 Å². The van der Waals surface area contributed by atoms with Crippen LogP contribution in [-0.2, 0) is 16.6 Å². The maximum atomic E-state index is 12.1. The van der Waals surface area contributed by atoms with Gasteiger partial charge in [-0.1, -0.05) is 36.7 Å². The molecule has 23 heavy (non-hydrogen) atoms. The molecule has 1 aliphatic carbocycles. The number of rotatable bonds is 1. The van der Waals surface area contributed by atoms with Gasteiger partial charge in [-0.2, -0.15) is 0 Å². The zero-order valence-electron chi connectivity index (χ0n) is 13.4. The first-order valence-corrected chi connectivity index (χ1v) is 9.33. The van der Waals surface area contributed by atoms with Crippen LogP contribution < -0.4 is 0 Å². The molecule has 120 valence electrons. The lowest BCUT2D eigenvalue weighted by Gasteiger charge is -2.50. The van der Waals surface area contributed by atoms with E-state index in [9.17, 15) is 4.79 Å². The highest BCUT2D eigenvalue weighted by Crippen LogP contribution is 2.46. The van der Waals surface area contributed by atoms with Gasteiger partial charge in [0.2, 0.25) is 5.91 Å². The molecule has 2 heterocycles. The molecule has 0 N–H and O–H groups in total. The molecule has 1 fully saturated rings. The summed E-state index contributed by atoms with van der Waals surface area (Å²) in [5.41, 5.74) is 4.21. The van der Waals surface area contributed by atoms with E-state index in [1.807, 2.05) is 18.0 Å². The van der Waals surface area contributed by atoms with Crippen LogP contribution in [0.5, 0.6) is 0 Å². The van der Waals surface area contributed by atoms with Crippen LogP contribution in [-0.4, -0.2) is 23.9 Å². The van der Waals surface area contributed by atoms with E-state index < -0.39 is 0 Å². The lowest BCUT2D eigenvalue weighted by atomic mass is 9.63. The molecule has 1 aromatic heterocycles. The van der Waals surface area contributed by atoms with Crippen molar-refractivity contribution in [3.05, 3.63) is 45.8 Å². The summed E-state index contributed by atoms with van der Waals surface area (Å²) in [6.45, 7) is 2.33. The van der Waals surface area contributed by atoms with E-state index in [1.54, 1.807) is 11.3 Å². The van der Waals surface area contributed by atoms with Crippen molar-refractivity contribution >= 4 is 28.8 Å². The Morgan fingerprint density at radius 3 is 2.83 bits per heavy atom. The number of carbonyl (C=O) groups excluding carboxylic acids is 1. The average Bonchev–Trinajstić information content (AvgIpc) is 2.97. The molecule has 1 aliphatic heterocycles. The molecule has 0 bridgehead atoms. The van der Waals surface area contributed by atoms with E-state index in [1.165, 1.54) is 21.6 Å². The topological polar surface area (TPSA) is 20.3 Å². The molecule has 1 aromatic carbocycles. The summed E-state index contributed by atoms with van der Waals surface area (Å²) in [5, 5.41) is 0. The second-order valence-corrected chi connectivity index (χ2v) is 8.67. The third-order valence-corrected chi connectivity index (χ3v) is 7.00. The minimum atomic E-state index is 0.0852. The Balaban J connectivity index is 1.76. The number of thiophene rings is 1. The summed E-state index contributed by atoms with van der Waals surface area (Å²) in [4.78, 5) is 15.3. The maximum absolute atomic E-state index is 12.1. The Bertz CT molecular complexity index is 783. The second kappa shape index (κ2) is 5.35. The Morgan fingerprint density at radius 1 is 1.26 bits per heavy atom. The number of aryl methyl sites for hydroxylation is 1. The molecular weight excluding hydrogens is 326 g/mol. The van der Waals surface area contributed by atoms with Crippen LogP contribution >= 0.6 is 22.9 Å². The minimum absolute atomic E-state index is 0.0852. The van der Waals surface area contributed by atoms with Crippen molar-refractivity contribution in [3.63, 3.8) is 0 Å². The molecule has 4 heteroatoms. The minimum Gasteiger partial charge on any atom is -0.342 e. The summed E-state index contributed by atoms with van der Waals surface area (Å²) in [6.07, 6.45) is 3.71. The van der Waals surface area contributed by atoms with Crippen LogP contribution in [0.2, 0.25) is 4.34 Å². The van der Waals surface area contributed by atoms with Crippen LogP contribution in [0, 0.1) is 0 Å². The molecular formula is C19H20ClNOS. The fourth-order valence-corrected chi connectivity index (χ4v) is 5.45. The zero-order valence-corrected chi connectivity index (χ0v) is 15.0. The zero-order chi connectivity index (χ0) is 16.2. The molecule has 0 radical (unpaired) electrons. The Hall–Kier alpha value is -1.32. The van der Waals surface area contributed by atoms with Crippen molar-refractivity contribution in [1.29, 1.82) is 0 Å². The van der Waals surface area contributed by atoms with Gasteiger partial charge in [0, 0.05) is 29.8 Å². The SMILES string of the molecule is CN1C(=O)CC[C@]2(C)c3ccc(-c4ccc(Cl)s4)cc3CC[C@@H]12. The number of halogens is 1. The number of likely N-dealkylation sites (N-methyl/N-ethyl adjacent to an activating group) is 1. The highest BCUT2D eigenvalue weighted by atomic mass is 35.5. The monoisotopic (exact) mass is 345 g/mol. The largest absolute Gasteiger partial charge is 0.342 e. The maximum Gasteiger partial charge on any atom is 0.222 e. The summed E-state index contributed by atoms with van der Waals surface area (Å²) in [6, 6.07) is 11.2. The molecule has 2 aliphatic rings. The summed E-state index contributed by atoms with van der Waals surface area (Å²) in [5.74, 6) is 0.292. The number of hydrogen-bond acceptors (Lipinski definition) is 2. The second-order valence-electron chi connectivity index (χ2n) is 6.95. The van der Waals surface area contributed by atoms with E-state index in [-0.39, 0.29) is 5.41 Å². The van der Waals surface area contributed by atoms with Crippen molar-refractivity contribution in [1.82, 2.24) is 4.90 Å². The summed E-state index contributed by atoms with van der Waals surface area (Å²) < 4.78 is 0.831. The third kappa shape index (κ3) is 2.33. The molecule has 1 amide bonds. The first kappa shape index (κ1) is 15.2. The normalized spacial score (nSPS) is 26.8. The van der Waals surface area contributed by atoms with Gasteiger partial charge in [0.15, 0.2) is 0 Å². The molecule has 2 nitrogen and oxygen atoms in total. The van der Waals surface area contributed by atoms with Gasteiger partial charge in [-0.3, -0.25) is 4.79 Å². The number of nitrogens with zero attached hydrogens (tertiary/aromatic N) is 1. The van der Waals surface area contributed by atoms with Crippen LogP contribution in [0.1, 0.15) is 37.3 Å². The Kier molecular flexibility index (Phi) is 3.54.